The second-order valence-electron chi connectivity index (χ2n) is 4.55. The van der Waals surface area contributed by atoms with Gasteiger partial charge in [0.25, 0.3) is 5.91 Å². The van der Waals surface area contributed by atoms with Crippen molar-refractivity contribution in [2.45, 2.75) is 6.54 Å². The summed E-state index contributed by atoms with van der Waals surface area (Å²) in [6.07, 6.45) is 1.67. The summed E-state index contributed by atoms with van der Waals surface area (Å²) in [5, 5.41) is 13.3. The summed E-state index contributed by atoms with van der Waals surface area (Å²) in [5.41, 5.74) is 1.46. The number of aromatic nitrogens is 2. The van der Waals surface area contributed by atoms with Crippen molar-refractivity contribution < 1.29 is 9.90 Å². The molecular weight excluding hydrogens is 266 g/mol. The third-order valence-corrected chi connectivity index (χ3v) is 3.09. The van der Waals surface area contributed by atoms with Crippen LogP contribution in [0.3, 0.4) is 0 Å². The van der Waals surface area contributed by atoms with Crippen LogP contribution in [-0.2, 0) is 6.54 Å². The molecule has 3 rings (SSSR count). The summed E-state index contributed by atoms with van der Waals surface area (Å²) in [7, 11) is 0. The van der Waals surface area contributed by atoms with Crippen LogP contribution >= 0.6 is 0 Å². The number of carbonyl (C=O) groups excluding carboxylic acids is 1. The monoisotopic (exact) mass is 279 g/mol. The molecular formula is C16H13N3O2. The van der Waals surface area contributed by atoms with Crippen LogP contribution in [0, 0.1) is 0 Å². The lowest BCUT2D eigenvalue weighted by atomic mass is 10.2. The van der Waals surface area contributed by atoms with E-state index < -0.39 is 0 Å². The highest BCUT2D eigenvalue weighted by Gasteiger charge is 2.09. The Morgan fingerprint density at radius 3 is 2.81 bits per heavy atom. The van der Waals surface area contributed by atoms with Gasteiger partial charge in [0.2, 0.25) is 0 Å². The zero-order valence-corrected chi connectivity index (χ0v) is 11.2. The van der Waals surface area contributed by atoms with Crippen LogP contribution in [0.2, 0.25) is 0 Å². The number of hydrogen-bond donors (Lipinski definition) is 2. The largest absolute Gasteiger partial charge is 0.506 e. The van der Waals surface area contributed by atoms with Crippen LogP contribution in [-0.4, -0.2) is 21.0 Å². The van der Waals surface area contributed by atoms with E-state index in [0.29, 0.717) is 12.1 Å². The summed E-state index contributed by atoms with van der Waals surface area (Å²) in [6, 6.07) is 14.0. The Labute approximate surface area is 121 Å². The van der Waals surface area contributed by atoms with Gasteiger partial charge in [-0.15, -0.1) is 0 Å². The Bertz CT molecular complexity index is 788. The van der Waals surface area contributed by atoms with Gasteiger partial charge in [0.05, 0.1) is 12.2 Å². The third-order valence-electron chi connectivity index (χ3n) is 3.09. The normalized spacial score (nSPS) is 10.5. The molecule has 2 aromatic heterocycles. The number of aromatic hydroxyl groups is 1. The van der Waals surface area contributed by atoms with Crippen molar-refractivity contribution >= 4 is 16.8 Å². The molecule has 1 amide bonds. The van der Waals surface area contributed by atoms with Gasteiger partial charge in [-0.1, -0.05) is 24.3 Å². The van der Waals surface area contributed by atoms with Crippen molar-refractivity contribution in [3.05, 3.63) is 66.1 Å². The second-order valence-corrected chi connectivity index (χ2v) is 4.55. The van der Waals surface area contributed by atoms with E-state index in [2.05, 4.69) is 15.3 Å². The van der Waals surface area contributed by atoms with Crippen molar-refractivity contribution in [3.63, 3.8) is 0 Å². The van der Waals surface area contributed by atoms with Gasteiger partial charge < -0.3 is 10.4 Å². The number of rotatable bonds is 3. The van der Waals surface area contributed by atoms with E-state index in [1.165, 1.54) is 0 Å². The molecule has 2 heterocycles. The van der Waals surface area contributed by atoms with Gasteiger partial charge in [0.1, 0.15) is 17.0 Å². The van der Waals surface area contributed by atoms with E-state index in [9.17, 15) is 9.90 Å². The summed E-state index contributed by atoms with van der Waals surface area (Å²) in [4.78, 5) is 20.4. The number of amides is 1. The molecule has 0 unspecified atom stereocenters. The van der Waals surface area contributed by atoms with Crippen molar-refractivity contribution in [2.24, 2.45) is 0 Å². The van der Waals surface area contributed by atoms with E-state index in [0.717, 1.165) is 11.1 Å². The summed E-state index contributed by atoms with van der Waals surface area (Å²) < 4.78 is 0. The standard InChI is InChI=1S/C16H13N3O2/c20-14-6-3-4-11-7-8-13(19-15(11)14)16(21)18-10-12-5-1-2-9-17-12/h1-9,20H,10H2,(H,18,21). The summed E-state index contributed by atoms with van der Waals surface area (Å²) in [6.45, 7) is 0.333. The Kier molecular flexibility index (Phi) is 3.47. The minimum absolute atomic E-state index is 0.0619. The molecule has 0 aliphatic heterocycles. The molecule has 0 fully saturated rings. The average Bonchev–Trinajstić information content (AvgIpc) is 2.54. The van der Waals surface area contributed by atoms with Crippen molar-refractivity contribution in [1.82, 2.24) is 15.3 Å². The maximum atomic E-state index is 12.1. The van der Waals surface area contributed by atoms with Gasteiger partial charge in [-0.05, 0) is 24.3 Å². The van der Waals surface area contributed by atoms with E-state index in [1.54, 1.807) is 30.5 Å². The molecule has 0 spiro atoms. The predicted octanol–water partition coefficient (Wildman–Crippen LogP) is 2.27. The number of para-hydroxylation sites is 1. The lowest BCUT2D eigenvalue weighted by molar-refractivity contribution is 0.0946. The first kappa shape index (κ1) is 13.1. The highest BCUT2D eigenvalue weighted by Crippen LogP contribution is 2.22. The second kappa shape index (κ2) is 5.58. The molecule has 0 saturated carbocycles. The number of nitrogens with one attached hydrogen (secondary N) is 1. The molecule has 0 atom stereocenters. The highest BCUT2D eigenvalue weighted by atomic mass is 16.3. The molecule has 5 heteroatoms. The first-order chi connectivity index (χ1) is 10.2. The number of fused-ring (bicyclic) bond motifs is 1. The van der Waals surface area contributed by atoms with Gasteiger partial charge in [0, 0.05) is 11.6 Å². The van der Waals surface area contributed by atoms with Crippen LogP contribution in [0.4, 0.5) is 0 Å². The van der Waals surface area contributed by atoms with Crippen LogP contribution in [0.1, 0.15) is 16.2 Å². The van der Waals surface area contributed by atoms with Crippen LogP contribution in [0.25, 0.3) is 10.9 Å². The quantitative estimate of drug-likeness (QED) is 0.771. The predicted molar refractivity (Wildman–Crippen MR) is 78.8 cm³/mol. The maximum Gasteiger partial charge on any atom is 0.270 e. The molecule has 2 N–H and O–H groups in total. The number of benzene rings is 1. The molecule has 3 aromatic rings. The maximum absolute atomic E-state index is 12.1. The fourth-order valence-electron chi connectivity index (χ4n) is 2.02. The average molecular weight is 279 g/mol. The third kappa shape index (κ3) is 2.81. The Hall–Kier alpha value is -2.95. The number of nitrogens with zero attached hydrogens (tertiary/aromatic N) is 2. The molecule has 1 aromatic carbocycles. The lowest BCUT2D eigenvalue weighted by Crippen LogP contribution is -2.24. The van der Waals surface area contributed by atoms with Gasteiger partial charge in [-0.25, -0.2) is 4.98 Å². The Morgan fingerprint density at radius 1 is 1.10 bits per heavy atom. The zero-order chi connectivity index (χ0) is 14.7. The van der Waals surface area contributed by atoms with Crippen molar-refractivity contribution in [2.75, 3.05) is 0 Å². The van der Waals surface area contributed by atoms with Gasteiger partial charge in [0.15, 0.2) is 0 Å². The Morgan fingerprint density at radius 2 is 2.00 bits per heavy atom. The molecule has 5 nitrogen and oxygen atoms in total. The van der Waals surface area contributed by atoms with E-state index >= 15 is 0 Å². The minimum atomic E-state index is -0.300. The summed E-state index contributed by atoms with van der Waals surface area (Å²) >= 11 is 0. The van der Waals surface area contributed by atoms with Crippen LogP contribution < -0.4 is 5.32 Å². The SMILES string of the molecule is O=C(NCc1ccccn1)c1ccc2cccc(O)c2n1. The molecule has 0 bridgehead atoms. The van der Waals surface area contributed by atoms with Crippen molar-refractivity contribution in [3.8, 4) is 5.75 Å². The van der Waals surface area contributed by atoms with E-state index in [-0.39, 0.29) is 17.4 Å². The number of phenolic OH excluding ortho intramolecular Hbond substituents is 1. The molecule has 0 radical (unpaired) electrons. The fraction of sp³-hybridized carbons (Fsp3) is 0.0625. The van der Waals surface area contributed by atoms with Gasteiger partial charge >= 0.3 is 0 Å². The number of pyridine rings is 2. The molecule has 0 aliphatic rings. The fourth-order valence-corrected chi connectivity index (χ4v) is 2.02. The van der Waals surface area contributed by atoms with E-state index in [4.69, 9.17) is 0 Å². The zero-order valence-electron chi connectivity index (χ0n) is 11.2. The molecule has 104 valence electrons. The summed E-state index contributed by atoms with van der Waals surface area (Å²) in [5.74, 6) is -0.238. The Balaban J connectivity index is 1.80. The van der Waals surface area contributed by atoms with Gasteiger partial charge in [-0.2, -0.15) is 0 Å². The molecule has 0 aliphatic carbocycles. The topological polar surface area (TPSA) is 75.1 Å². The first-order valence-corrected chi connectivity index (χ1v) is 6.51. The first-order valence-electron chi connectivity index (χ1n) is 6.51. The van der Waals surface area contributed by atoms with Crippen molar-refractivity contribution in [1.29, 1.82) is 0 Å². The van der Waals surface area contributed by atoms with E-state index in [1.807, 2.05) is 24.3 Å². The number of phenols is 1. The number of hydrogen-bond acceptors (Lipinski definition) is 4. The number of carbonyl (C=O) groups is 1. The highest BCUT2D eigenvalue weighted by molar-refractivity contribution is 5.95. The van der Waals surface area contributed by atoms with Crippen LogP contribution in [0.15, 0.2) is 54.7 Å². The smallest absolute Gasteiger partial charge is 0.270 e. The van der Waals surface area contributed by atoms with Crippen LogP contribution in [0.5, 0.6) is 5.75 Å². The lowest BCUT2D eigenvalue weighted by Gasteiger charge is -2.06. The minimum Gasteiger partial charge on any atom is -0.506 e. The van der Waals surface area contributed by atoms with Gasteiger partial charge in [-0.3, -0.25) is 9.78 Å². The molecule has 21 heavy (non-hydrogen) atoms. The molecule has 0 saturated heterocycles.